The number of nitrogens with zero attached hydrogens (tertiary/aromatic N) is 1. The van der Waals surface area contributed by atoms with Gasteiger partial charge in [0.05, 0.1) is 6.20 Å². The van der Waals surface area contributed by atoms with E-state index in [0.29, 0.717) is 5.92 Å². The van der Waals surface area contributed by atoms with Gasteiger partial charge in [0.2, 0.25) is 0 Å². The molecule has 0 spiro atoms. The maximum absolute atomic E-state index is 5.32. The normalized spacial score (nSPS) is 10.9. The molecular formula is C13H15NO. The van der Waals surface area contributed by atoms with Crippen LogP contribution in [0.2, 0.25) is 0 Å². The van der Waals surface area contributed by atoms with E-state index >= 15 is 0 Å². The summed E-state index contributed by atoms with van der Waals surface area (Å²) in [7, 11) is 0. The van der Waals surface area contributed by atoms with Crippen LogP contribution in [-0.4, -0.2) is 4.98 Å². The average Bonchev–Trinajstić information content (AvgIpc) is 2.70. The first kappa shape index (κ1) is 9.97. The molecule has 0 saturated heterocycles. The second-order valence-corrected chi connectivity index (χ2v) is 4.04. The minimum Gasteiger partial charge on any atom is -0.444 e. The molecule has 0 radical (unpaired) electrons. The Labute approximate surface area is 90.0 Å². The highest BCUT2D eigenvalue weighted by Gasteiger charge is 2.10. The van der Waals surface area contributed by atoms with E-state index in [1.807, 2.05) is 0 Å². The van der Waals surface area contributed by atoms with Crippen molar-refractivity contribution in [1.82, 2.24) is 4.98 Å². The zero-order valence-corrected chi connectivity index (χ0v) is 9.32. The number of oxazole rings is 1. The molecule has 1 heterocycles. The molecule has 0 amide bonds. The summed E-state index contributed by atoms with van der Waals surface area (Å²) in [5, 5.41) is 0. The summed E-state index contributed by atoms with van der Waals surface area (Å²) in [5.41, 5.74) is 3.78. The van der Waals surface area contributed by atoms with E-state index in [4.69, 9.17) is 4.42 Å². The highest BCUT2D eigenvalue weighted by atomic mass is 16.3. The van der Waals surface area contributed by atoms with Gasteiger partial charge in [0.15, 0.2) is 12.2 Å². The lowest BCUT2D eigenvalue weighted by Gasteiger charge is -2.12. The third-order valence-corrected chi connectivity index (χ3v) is 2.70. The maximum atomic E-state index is 5.32. The average molecular weight is 201 g/mol. The summed E-state index contributed by atoms with van der Waals surface area (Å²) < 4.78 is 5.32. The van der Waals surface area contributed by atoms with Crippen LogP contribution in [0.1, 0.15) is 30.9 Å². The number of hydrogen-bond donors (Lipinski definition) is 0. The molecule has 2 aromatic rings. The molecule has 0 unspecified atom stereocenters. The Morgan fingerprint density at radius 3 is 2.67 bits per heavy atom. The first-order valence-corrected chi connectivity index (χ1v) is 5.18. The molecule has 0 aliphatic carbocycles. The van der Waals surface area contributed by atoms with Crippen molar-refractivity contribution in [3.05, 3.63) is 41.9 Å². The molecule has 0 aliphatic rings. The molecule has 0 bridgehead atoms. The Balaban J connectivity index is 2.54. The molecule has 78 valence electrons. The third kappa shape index (κ3) is 1.80. The van der Waals surface area contributed by atoms with Crippen LogP contribution < -0.4 is 0 Å². The highest BCUT2D eigenvalue weighted by molar-refractivity contribution is 5.63. The molecule has 0 atom stereocenters. The van der Waals surface area contributed by atoms with Gasteiger partial charge in [-0.15, -0.1) is 0 Å². The van der Waals surface area contributed by atoms with E-state index in [2.05, 4.69) is 44.0 Å². The molecule has 15 heavy (non-hydrogen) atoms. The van der Waals surface area contributed by atoms with Crippen molar-refractivity contribution in [2.24, 2.45) is 0 Å². The highest BCUT2D eigenvalue weighted by Crippen LogP contribution is 2.28. The van der Waals surface area contributed by atoms with Crippen LogP contribution in [0.15, 0.2) is 35.2 Å². The van der Waals surface area contributed by atoms with E-state index in [-0.39, 0.29) is 0 Å². The summed E-state index contributed by atoms with van der Waals surface area (Å²) in [6, 6.07) is 6.31. The lowest BCUT2D eigenvalue weighted by atomic mass is 9.94. The molecule has 2 rings (SSSR count). The predicted molar refractivity (Wildman–Crippen MR) is 60.8 cm³/mol. The Kier molecular flexibility index (Phi) is 2.58. The minimum atomic E-state index is 0.535. The maximum Gasteiger partial charge on any atom is 0.181 e. The lowest BCUT2D eigenvalue weighted by molar-refractivity contribution is 0.571. The fraction of sp³-hybridized carbons (Fsp3) is 0.308. The van der Waals surface area contributed by atoms with Crippen LogP contribution in [0.5, 0.6) is 0 Å². The van der Waals surface area contributed by atoms with E-state index in [1.165, 1.54) is 17.5 Å². The molecule has 1 aromatic heterocycles. The Bertz CT molecular complexity index is 444. The van der Waals surface area contributed by atoms with Crippen molar-refractivity contribution in [2.75, 3.05) is 0 Å². The van der Waals surface area contributed by atoms with Gasteiger partial charge < -0.3 is 4.42 Å². The molecule has 1 aromatic carbocycles. The molecule has 0 saturated carbocycles. The monoisotopic (exact) mass is 201 g/mol. The van der Waals surface area contributed by atoms with Gasteiger partial charge in [-0.25, -0.2) is 4.98 Å². The van der Waals surface area contributed by atoms with Gasteiger partial charge >= 0.3 is 0 Å². The van der Waals surface area contributed by atoms with Crippen molar-refractivity contribution in [3.63, 3.8) is 0 Å². The van der Waals surface area contributed by atoms with Crippen LogP contribution in [0.3, 0.4) is 0 Å². The van der Waals surface area contributed by atoms with Crippen molar-refractivity contribution in [3.8, 4) is 11.3 Å². The van der Waals surface area contributed by atoms with Gasteiger partial charge in [0.25, 0.3) is 0 Å². The summed E-state index contributed by atoms with van der Waals surface area (Å²) in [4.78, 5) is 3.95. The topological polar surface area (TPSA) is 26.0 Å². The largest absolute Gasteiger partial charge is 0.444 e. The van der Waals surface area contributed by atoms with Crippen LogP contribution in [0.4, 0.5) is 0 Å². The van der Waals surface area contributed by atoms with Crippen LogP contribution >= 0.6 is 0 Å². The summed E-state index contributed by atoms with van der Waals surface area (Å²) >= 11 is 0. The van der Waals surface area contributed by atoms with Crippen molar-refractivity contribution < 1.29 is 4.42 Å². The van der Waals surface area contributed by atoms with Crippen molar-refractivity contribution in [1.29, 1.82) is 0 Å². The fourth-order valence-electron chi connectivity index (χ4n) is 1.89. The zero-order chi connectivity index (χ0) is 10.8. The van der Waals surface area contributed by atoms with E-state index in [0.717, 1.165) is 11.3 Å². The second-order valence-electron chi connectivity index (χ2n) is 4.04. The SMILES string of the molecule is Cc1c(-c2cnco2)cccc1C(C)C. The van der Waals surface area contributed by atoms with Gasteiger partial charge in [-0.1, -0.05) is 32.0 Å². The predicted octanol–water partition coefficient (Wildman–Crippen LogP) is 3.77. The lowest BCUT2D eigenvalue weighted by Crippen LogP contribution is -1.93. The minimum absolute atomic E-state index is 0.535. The number of benzene rings is 1. The quantitative estimate of drug-likeness (QED) is 0.739. The Hall–Kier alpha value is -1.57. The molecule has 0 aliphatic heterocycles. The summed E-state index contributed by atoms with van der Waals surface area (Å²) in [6.45, 7) is 6.53. The summed E-state index contributed by atoms with van der Waals surface area (Å²) in [5.74, 6) is 1.38. The Morgan fingerprint density at radius 2 is 2.07 bits per heavy atom. The standard InChI is InChI=1S/C13H15NO/c1-9(2)11-5-4-6-12(10(11)3)13-7-14-8-15-13/h4-9H,1-3H3. The van der Waals surface area contributed by atoms with Crippen molar-refractivity contribution in [2.45, 2.75) is 26.7 Å². The fourth-order valence-corrected chi connectivity index (χ4v) is 1.89. The second kappa shape index (κ2) is 3.89. The van der Waals surface area contributed by atoms with Gasteiger partial charge in [0.1, 0.15) is 0 Å². The van der Waals surface area contributed by atoms with Crippen LogP contribution in [-0.2, 0) is 0 Å². The molecule has 2 heteroatoms. The molecule has 0 N–H and O–H groups in total. The van der Waals surface area contributed by atoms with E-state index < -0.39 is 0 Å². The zero-order valence-electron chi connectivity index (χ0n) is 9.32. The molecule has 0 fully saturated rings. The van der Waals surface area contributed by atoms with Gasteiger partial charge in [-0.05, 0) is 24.0 Å². The number of aromatic nitrogens is 1. The smallest absolute Gasteiger partial charge is 0.181 e. The number of rotatable bonds is 2. The van der Waals surface area contributed by atoms with Crippen LogP contribution in [0, 0.1) is 6.92 Å². The van der Waals surface area contributed by atoms with E-state index in [9.17, 15) is 0 Å². The molecular weight excluding hydrogens is 186 g/mol. The first-order valence-electron chi connectivity index (χ1n) is 5.18. The number of hydrogen-bond acceptors (Lipinski definition) is 2. The third-order valence-electron chi connectivity index (χ3n) is 2.70. The summed E-state index contributed by atoms with van der Waals surface area (Å²) in [6.07, 6.45) is 3.23. The van der Waals surface area contributed by atoms with Crippen LogP contribution in [0.25, 0.3) is 11.3 Å². The van der Waals surface area contributed by atoms with Gasteiger partial charge in [-0.3, -0.25) is 0 Å². The molecule has 2 nitrogen and oxygen atoms in total. The first-order chi connectivity index (χ1) is 7.20. The van der Waals surface area contributed by atoms with E-state index in [1.54, 1.807) is 6.20 Å². The van der Waals surface area contributed by atoms with Gasteiger partial charge in [-0.2, -0.15) is 0 Å². The van der Waals surface area contributed by atoms with Gasteiger partial charge in [0, 0.05) is 5.56 Å². The van der Waals surface area contributed by atoms with Crippen molar-refractivity contribution >= 4 is 0 Å². The Morgan fingerprint density at radius 1 is 1.27 bits per heavy atom.